The maximum atomic E-state index is 7.00. The zero-order chi connectivity index (χ0) is 39.2. The summed E-state index contributed by atoms with van der Waals surface area (Å²) in [5.41, 5.74) is 0. The van der Waals surface area contributed by atoms with Crippen LogP contribution in [0.1, 0.15) is 234 Å². The van der Waals surface area contributed by atoms with Crippen molar-refractivity contribution >= 4 is 24.6 Å². The smallest absolute Gasteiger partial charge is 0.328 e. The summed E-state index contributed by atoms with van der Waals surface area (Å²) in [7, 11) is -6.19. The summed E-state index contributed by atoms with van der Waals surface area (Å²) in [5.74, 6) is 0. The van der Waals surface area contributed by atoms with Gasteiger partial charge in [0.2, 0.25) is 0 Å². The van der Waals surface area contributed by atoms with Crippen LogP contribution in [0.2, 0.25) is 0 Å². The van der Waals surface area contributed by atoms with Crippen molar-refractivity contribution in [2.24, 2.45) is 4.52 Å². The molecule has 1 aliphatic rings. The molecular weight excluding hydrogens is 735 g/mol. The van der Waals surface area contributed by atoms with Crippen molar-refractivity contribution in [1.82, 2.24) is 9.21 Å². The van der Waals surface area contributed by atoms with Gasteiger partial charge in [-0.15, -0.1) is 0 Å². The molecule has 0 N–H and O–H groups in total. The van der Waals surface area contributed by atoms with Crippen LogP contribution in [0.5, 0.6) is 0 Å². The second kappa shape index (κ2) is 39.2. The van der Waals surface area contributed by atoms with Gasteiger partial charge >= 0.3 is 7.66 Å². The van der Waals surface area contributed by atoms with Crippen LogP contribution in [0.25, 0.3) is 0 Å². The van der Waals surface area contributed by atoms with Crippen LogP contribution >= 0.6 is 24.6 Å². The third kappa shape index (κ3) is 26.0. The van der Waals surface area contributed by atoms with E-state index < -0.39 is 24.6 Å². The summed E-state index contributed by atoms with van der Waals surface area (Å²) >= 11 is 0. The van der Waals surface area contributed by atoms with Crippen molar-refractivity contribution < 1.29 is 27.8 Å². The highest BCUT2D eigenvalue weighted by Crippen LogP contribution is 2.79. The molecule has 12 heteroatoms. The van der Waals surface area contributed by atoms with Gasteiger partial charge in [-0.1, -0.05) is 200 Å². The van der Waals surface area contributed by atoms with Gasteiger partial charge < -0.3 is 18.1 Å². The fourth-order valence-electron chi connectivity index (χ4n) is 6.16. The molecule has 0 fully saturated rings. The summed E-state index contributed by atoms with van der Waals surface area (Å²) in [4.78, 5) is 13.6. The molecule has 0 aromatic carbocycles. The van der Waals surface area contributed by atoms with Gasteiger partial charge in [0.25, 0.3) is 16.9 Å². The number of unbranched alkanes of at least 4 members (excludes halogenated alkanes) is 24. The van der Waals surface area contributed by atoms with Crippen molar-refractivity contribution in [3.63, 3.8) is 0 Å². The minimum Gasteiger partial charge on any atom is -0.328 e. The Hall–Kier alpha value is 0.770. The highest BCUT2D eigenvalue weighted by molar-refractivity contribution is 7.78. The fraction of sp³-hybridized carbons (Fsp3) is 1.00. The molecule has 0 saturated heterocycles. The molecule has 1 rings (SSSR count). The molecule has 0 amide bonds. The van der Waals surface area contributed by atoms with Gasteiger partial charge in [-0.3, -0.25) is 9.68 Å². The second-order valence-corrected chi connectivity index (χ2v) is 20.9. The van der Waals surface area contributed by atoms with E-state index in [1.807, 2.05) is 9.21 Å². The lowest BCUT2D eigenvalue weighted by molar-refractivity contribution is -0.0839. The van der Waals surface area contributed by atoms with E-state index in [4.69, 9.17) is 32.3 Å². The van der Waals surface area contributed by atoms with Gasteiger partial charge in [-0.2, -0.15) is 4.52 Å². The number of hydrogen-bond donors (Lipinski definition) is 0. The van der Waals surface area contributed by atoms with Crippen LogP contribution in [0.3, 0.4) is 0 Å². The zero-order valence-electron chi connectivity index (χ0n) is 36.6. The lowest BCUT2D eigenvalue weighted by Crippen LogP contribution is -2.32. The Balaban J connectivity index is 3.56. The van der Waals surface area contributed by atoms with E-state index in [2.05, 4.69) is 41.5 Å². The fourth-order valence-corrected chi connectivity index (χ4v) is 14.2. The summed E-state index contributed by atoms with van der Waals surface area (Å²) in [6.45, 7) is 17.2. The predicted octanol–water partition coefficient (Wildman–Crippen LogP) is 16.8. The minimum absolute atomic E-state index is 0.584. The van der Waals surface area contributed by atoms with Crippen molar-refractivity contribution in [2.75, 3.05) is 39.6 Å². The Bertz CT molecular complexity index is 829. The Labute approximate surface area is 338 Å². The van der Waals surface area contributed by atoms with Gasteiger partial charge in [0.05, 0.1) is 39.6 Å². The summed E-state index contributed by atoms with van der Waals surface area (Å²) in [6.07, 6.45) is 35.1. The van der Waals surface area contributed by atoms with Crippen LogP contribution in [0.15, 0.2) is 4.52 Å². The lowest BCUT2D eigenvalue weighted by Gasteiger charge is -2.45. The third-order valence-corrected chi connectivity index (χ3v) is 16.9. The first-order chi connectivity index (χ1) is 26.6. The van der Waals surface area contributed by atoms with E-state index in [9.17, 15) is 0 Å². The van der Waals surface area contributed by atoms with Crippen LogP contribution in [0.4, 0.5) is 0 Å². The molecule has 2 atom stereocenters. The van der Waals surface area contributed by atoms with E-state index >= 15 is 0 Å². The van der Waals surface area contributed by atoms with Crippen LogP contribution in [0, 0.1) is 0 Å². The van der Waals surface area contributed by atoms with Crippen LogP contribution < -0.4 is 0 Å². The van der Waals surface area contributed by atoms with Crippen LogP contribution in [-0.4, -0.2) is 48.8 Å². The molecule has 0 bridgehead atoms. The average Bonchev–Trinajstić information content (AvgIpc) is 3.18. The van der Waals surface area contributed by atoms with E-state index in [0.29, 0.717) is 39.6 Å². The quantitative estimate of drug-likeness (QED) is 0.0445. The predicted molar refractivity (Wildman–Crippen MR) is 235 cm³/mol. The highest BCUT2D eigenvalue weighted by Gasteiger charge is 2.52. The molecule has 9 nitrogen and oxygen atoms in total. The minimum atomic E-state index is -3.09. The van der Waals surface area contributed by atoms with Crippen molar-refractivity contribution in [3.8, 4) is 0 Å². The Kier molecular flexibility index (Phi) is 38.4. The molecular formula is C42H90N3O6P3. The van der Waals surface area contributed by atoms with E-state index in [1.54, 1.807) is 0 Å². The van der Waals surface area contributed by atoms with Gasteiger partial charge in [0, 0.05) is 0 Å². The van der Waals surface area contributed by atoms with Crippen molar-refractivity contribution in [2.45, 2.75) is 234 Å². The van der Waals surface area contributed by atoms with Crippen molar-refractivity contribution in [3.05, 3.63) is 0 Å². The monoisotopic (exact) mass is 826 g/mol. The molecule has 1 heterocycles. The molecule has 2 unspecified atom stereocenters. The zero-order valence-corrected chi connectivity index (χ0v) is 39.3. The number of nitrogens with zero attached hydrogens (tertiary/aromatic N) is 3. The topological polar surface area (TPSA) is 74.2 Å². The molecule has 0 aromatic rings. The molecule has 324 valence electrons. The van der Waals surface area contributed by atoms with Gasteiger partial charge in [0.15, 0.2) is 0 Å². The summed E-state index contributed by atoms with van der Waals surface area (Å²) in [6, 6.07) is 0. The number of hydrogen-bond acceptors (Lipinski definition) is 9. The van der Waals surface area contributed by atoms with Gasteiger partial charge in [-0.25, -0.2) is 0 Å². The average molecular weight is 826 g/mol. The van der Waals surface area contributed by atoms with Gasteiger partial charge in [0.1, 0.15) is 0 Å². The Morgan fingerprint density at radius 2 is 0.704 bits per heavy atom. The molecule has 0 radical (unpaired) electrons. The van der Waals surface area contributed by atoms with Crippen molar-refractivity contribution in [1.29, 1.82) is 0 Å². The normalized spacial score (nSPS) is 17.7. The second-order valence-electron chi connectivity index (χ2n) is 15.1. The maximum absolute atomic E-state index is 7.00. The van der Waals surface area contributed by atoms with Crippen LogP contribution in [-0.2, 0) is 27.8 Å². The van der Waals surface area contributed by atoms with E-state index in [0.717, 1.165) is 77.0 Å². The lowest BCUT2D eigenvalue weighted by atomic mass is 10.2. The molecule has 1 aliphatic heterocycles. The third-order valence-electron chi connectivity index (χ3n) is 9.68. The largest absolute Gasteiger partial charge is 0.328 e. The van der Waals surface area contributed by atoms with E-state index in [-0.39, 0.29) is 0 Å². The Morgan fingerprint density at radius 3 is 1.11 bits per heavy atom. The first-order valence-electron chi connectivity index (χ1n) is 23.3. The Morgan fingerprint density at radius 1 is 0.370 bits per heavy atom. The molecule has 54 heavy (non-hydrogen) atoms. The van der Waals surface area contributed by atoms with Gasteiger partial charge in [-0.05, 0) is 43.1 Å². The molecule has 0 saturated carbocycles. The molecule has 0 aliphatic carbocycles. The molecule has 0 spiro atoms. The first-order valence-corrected chi connectivity index (χ1v) is 27.1. The maximum Gasteiger partial charge on any atom is 0.328 e. The number of rotatable bonds is 42. The summed E-state index contributed by atoms with van der Waals surface area (Å²) < 4.78 is 37.2. The SMILES string of the molecule is CCCCCCCON1P(OCCCCCCC)N=P(OCCCCCCC)(OCCCCCCC)N(OCCCCCCC)P1OCCCCCCC. The first kappa shape index (κ1) is 52.8. The summed E-state index contributed by atoms with van der Waals surface area (Å²) in [5, 5.41) is 0. The standard InChI is InChI=1S/C42H90N3O6P3/c1-7-13-19-25-31-37-46-44-52(48-39-33-27-21-15-9-3)43-54(50-41-35-29-23-17-11-5,51-42-36-30-24-18-12-6)45(47-38-32-26-20-14-8-2)53(44)49-40-34-28-22-16-10-4/h7-42H2,1-6H3. The van der Waals surface area contributed by atoms with E-state index in [1.165, 1.54) is 116 Å². The molecule has 0 aromatic heterocycles. The highest BCUT2D eigenvalue weighted by atomic mass is 31.3.